The minimum Gasteiger partial charge on any atom is -0.369 e. The Hall–Kier alpha value is -1.93. The molecule has 0 saturated carbocycles. The van der Waals surface area contributed by atoms with Gasteiger partial charge in [-0.1, -0.05) is 12.2 Å². The van der Waals surface area contributed by atoms with Crippen molar-refractivity contribution in [1.29, 1.82) is 0 Å². The lowest BCUT2D eigenvalue weighted by Gasteiger charge is -2.37. The molecule has 4 atom stereocenters. The maximum Gasteiger partial charge on any atom is 0.231 e. The lowest BCUT2D eigenvalue weighted by atomic mass is 9.76. The van der Waals surface area contributed by atoms with E-state index in [1.807, 2.05) is 42.7 Å². The Morgan fingerprint density at radius 3 is 2.52 bits per heavy atom. The highest BCUT2D eigenvalue weighted by atomic mass is 16.5. The number of amides is 3. The molecule has 8 nitrogen and oxygen atoms in total. The zero-order valence-electron chi connectivity index (χ0n) is 16.2. The number of nitrogens with zero attached hydrogens (tertiary/aromatic N) is 3. The van der Waals surface area contributed by atoms with E-state index in [0.717, 1.165) is 0 Å². The van der Waals surface area contributed by atoms with Crippen LogP contribution in [0, 0.1) is 11.8 Å². The first-order valence-corrected chi connectivity index (χ1v) is 9.60. The van der Waals surface area contributed by atoms with Gasteiger partial charge in [0.15, 0.2) is 0 Å². The van der Waals surface area contributed by atoms with Crippen LogP contribution >= 0.6 is 0 Å². The number of hydrogen-bond acceptors (Lipinski definition) is 5. The van der Waals surface area contributed by atoms with E-state index >= 15 is 0 Å². The summed E-state index contributed by atoms with van der Waals surface area (Å²) in [4.78, 5) is 43.1. The number of likely N-dealkylation sites (tertiary alicyclic amines) is 1. The molecule has 4 heterocycles. The second-order valence-electron chi connectivity index (χ2n) is 9.06. The van der Waals surface area contributed by atoms with E-state index in [-0.39, 0.29) is 35.9 Å². The Morgan fingerprint density at radius 2 is 1.93 bits per heavy atom. The molecule has 3 fully saturated rings. The van der Waals surface area contributed by atoms with Crippen molar-refractivity contribution in [2.45, 2.75) is 38.0 Å². The number of fused-ring (bicyclic) bond motifs is 1. The summed E-state index contributed by atoms with van der Waals surface area (Å²) in [6.45, 7) is 9.04. The maximum atomic E-state index is 13.3. The average Bonchev–Trinajstić information content (AvgIpc) is 3.22. The fourth-order valence-corrected chi connectivity index (χ4v) is 4.91. The zero-order chi connectivity index (χ0) is 19.6. The topological polar surface area (TPSA) is 96.2 Å². The van der Waals surface area contributed by atoms with Gasteiger partial charge in [-0.05, 0) is 20.8 Å². The highest BCUT2D eigenvalue weighted by Crippen LogP contribution is 2.53. The molecule has 3 saturated heterocycles. The number of hydrogen-bond donors (Lipinski definition) is 1. The van der Waals surface area contributed by atoms with Crippen LogP contribution in [0.1, 0.15) is 20.8 Å². The predicted octanol–water partition coefficient (Wildman–Crippen LogP) is -0.804. The summed E-state index contributed by atoms with van der Waals surface area (Å²) in [5.41, 5.74) is 4.28. The van der Waals surface area contributed by atoms with Crippen LogP contribution in [0.2, 0.25) is 0 Å². The molecule has 0 aromatic carbocycles. The number of nitrogens with two attached hydrogens (primary N) is 1. The molecule has 4 aliphatic rings. The molecule has 8 heteroatoms. The van der Waals surface area contributed by atoms with E-state index in [0.29, 0.717) is 32.7 Å². The normalized spacial score (nSPS) is 35.8. The minimum absolute atomic E-state index is 0.0139. The first kappa shape index (κ1) is 18.4. The summed E-state index contributed by atoms with van der Waals surface area (Å²) in [5, 5.41) is 0. The molecule has 0 radical (unpaired) electrons. The van der Waals surface area contributed by atoms with Gasteiger partial charge < -0.3 is 20.3 Å². The number of carbonyl (C=O) groups excluding carboxylic acids is 3. The molecule has 0 aromatic heterocycles. The second kappa shape index (κ2) is 6.04. The lowest BCUT2D eigenvalue weighted by molar-refractivity contribution is -0.146. The van der Waals surface area contributed by atoms with E-state index in [1.165, 1.54) is 0 Å². The van der Waals surface area contributed by atoms with E-state index < -0.39 is 17.4 Å². The minimum atomic E-state index is -0.664. The quantitative estimate of drug-likeness (QED) is 0.651. The fourth-order valence-electron chi connectivity index (χ4n) is 4.91. The van der Waals surface area contributed by atoms with Crippen molar-refractivity contribution in [1.82, 2.24) is 14.7 Å². The van der Waals surface area contributed by atoms with Gasteiger partial charge in [0.1, 0.15) is 5.60 Å². The Balaban J connectivity index is 1.50. The van der Waals surface area contributed by atoms with E-state index in [2.05, 4.69) is 0 Å². The molecule has 4 rings (SSSR count). The van der Waals surface area contributed by atoms with Gasteiger partial charge in [0.25, 0.3) is 0 Å². The third-order valence-corrected chi connectivity index (χ3v) is 6.26. The predicted molar refractivity (Wildman–Crippen MR) is 97.4 cm³/mol. The highest BCUT2D eigenvalue weighted by molar-refractivity contribution is 5.93. The van der Waals surface area contributed by atoms with Crippen LogP contribution < -0.4 is 5.73 Å². The number of carbonyl (C=O) groups is 3. The average molecular weight is 376 g/mol. The lowest BCUT2D eigenvalue weighted by Crippen LogP contribution is -2.54. The largest absolute Gasteiger partial charge is 0.369 e. The third kappa shape index (κ3) is 2.86. The molecule has 0 aliphatic carbocycles. The van der Waals surface area contributed by atoms with Crippen molar-refractivity contribution in [3.05, 3.63) is 12.2 Å². The van der Waals surface area contributed by atoms with Gasteiger partial charge in [-0.2, -0.15) is 0 Å². The highest BCUT2D eigenvalue weighted by Gasteiger charge is 2.68. The molecule has 4 aliphatic heterocycles. The van der Waals surface area contributed by atoms with Gasteiger partial charge in [0, 0.05) is 31.7 Å². The summed E-state index contributed by atoms with van der Waals surface area (Å²) >= 11 is 0. The monoisotopic (exact) mass is 376 g/mol. The Kier molecular flexibility index (Phi) is 4.12. The van der Waals surface area contributed by atoms with Gasteiger partial charge in [-0.3, -0.25) is 19.3 Å². The van der Waals surface area contributed by atoms with Crippen LogP contribution in [0.5, 0.6) is 0 Å². The van der Waals surface area contributed by atoms with Crippen LogP contribution in [0.3, 0.4) is 0 Å². The summed E-state index contributed by atoms with van der Waals surface area (Å²) in [6.07, 6.45) is 3.61. The van der Waals surface area contributed by atoms with Gasteiger partial charge >= 0.3 is 0 Å². The molecule has 2 unspecified atom stereocenters. The van der Waals surface area contributed by atoms with Crippen LogP contribution in [0.25, 0.3) is 0 Å². The van der Waals surface area contributed by atoms with Gasteiger partial charge in [-0.15, -0.1) is 0 Å². The maximum absolute atomic E-state index is 13.3. The van der Waals surface area contributed by atoms with Crippen molar-refractivity contribution >= 4 is 17.7 Å². The summed E-state index contributed by atoms with van der Waals surface area (Å²) < 4.78 is 6.19. The van der Waals surface area contributed by atoms with Crippen molar-refractivity contribution in [2.24, 2.45) is 17.6 Å². The molecule has 2 bridgehead atoms. The van der Waals surface area contributed by atoms with Gasteiger partial charge in [0.2, 0.25) is 17.7 Å². The number of ether oxygens (including phenoxy) is 1. The zero-order valence-corrected chi connectivity index (χ0v) is 16.2. The van der Waals surface area contributed by atoms with Crippen molar-refractivity contribution in [3.8, 4) is 0 Å². The van der Waals surface area contributed by atoms with Crippen LogP contribution in [0.15, 0.2) is 12.2 Å². The number of primary amides is 1. The smallest absolute Gasteiger partial charge is 0.231 e. The van der Waals surface area contributed by atoms with Crippen LogP contribution in [-0.2, 0) is 19.1 Å². The molecule has 3 amide bonds. The molecule has 27 heavy (non-hydrogen) atoms. The third-order valence-electron chi connectivity index (χ3n) is 6.26. The van der Waals surface area contributed by atoms with Crippen LogP contribution in [0.4, 0.5) is 0 Å². The van der Waals surface area contributed by atoms with E-state index in [1.54, 1.807) is 4.90 Å². The second-order valence-corrected chi connectivity index (χ2v) is 9.06. The van der Waals surface area contributed by atoms with E-state index in [9.17, 15) is 14.4 Å². The molecule has 0 aromatic rings. The fraction of sp³-hybridized carbons (Fsp3) is 0.737. The number of piperazine rings is 1. The van der Waals surface area contributed by atoms with Gasteiger partial charge in [-0.25, -0.2) is 0 Å². The first-order valence-electron chi connectivity index (χ1n) is 9.60. The van der Waals surface area contributed by atoms with Crippen LogP contribution in [-0.4, -0.2) is 88.9 Å². The standard InChI is InChI=1S/C19H28N4O4/c1-18(2,3)23-11-19-5-4-12(27-19)14(15(19)17(23)26)16(25)22-8-6-21(7-9-22)10-13(20)24/h4-5,12,14-15H,6-11H2,1-3H3,(H2,20,24)/t12-,14?,15?,19-/m1/s1. The molecule has 2 N–H and O–H groups in total. The number of rotatable bonds is 3. The molecule has 148 valence electrons. The summed E-state index contributed by atoms with van der Waals surface area (Å²) in [7, 11) is 0. The van der Waals surface area contributed by atoms with Crippen molar-refractivity contribution < 1.29 is 19.1 Å². The Morgan fingerprint density at radius 1 is 1.26 bits per heavy atom. The Labute approximate surface area is 159 Å². The van der Waals surface area contributed by atoms with Crippen molar-refractivity contribution in [2.75, 3.05) is 39.3 Å². The first-order chi connectivity index (χ1) is 12.6. The molecule has 1 spiro atoms. The molecular weight excluding hydrogens is 348 g/mol. The summed E-state index contributed by atoms with van der Waals surface area (Å²) in [6, 6.07) is 0. The molecular formula is C19H28N4O4. The van der Waals surface area contributed by atoms with Gasteiger partial charge in [0.05, 0.1) is 31.0 Å². The summed E-state index contributed by atoms with van der Waals surface area (Å²) in [5.74, 6) is -1.26. The Bertz CT molecular complexity index is 707. The van der Waals surface area contributed by atoms with Crippen molar-refractivity contribution in [3.63, 3.8) is 0 Å². The SMILES string of the molecule is CC(C)(C)N1C[C@@]23C=C[C@@H](O2)C(C(=O)N2CCN(CC(N)=O)CC2)C3C1=O. The van der Waals surface area contributed by atoms with E-state index in [4.69, 9.17) is 10.5 Å².